The Morgan fingerprint density at radius 3 is 2.48 bits per heavy atom. The zero-order chi connectivity index (χ0) is 16.5. The third-order valence-corrected chi connectivity index (χ3v) is 3.48. The third-order valence-electron chi connectivity index (χ3n) is 3.48. The molecule has 0 bridgehead atoms. The van der Waals surface area contributed by atoms with Crippen LogP contribution in [0.25, 0.3) is 0 Å². The van der Waals surface area contributed by atoms with Crippen molar-refractivity contribution < 1.29 is 9.53 Å². The molecule has 4 heteroatoms. The number of nitrogens with zero attached hydrogens (tertiary/aromatic N) is 2. The summed E-state index contributed by atoms with van der Waals surface area (Å²) in [6, 6.07) is 19.0. The van der Waals surface area contributed by atoms with Crippen LogP contribution in [0.5, 0.6) is 5.75 Å². The number of carbonyl (C=O) groups is 1. The Hall–Kier alpha value is -2.80. The Kier molecular flexibility index (Phi) is 6.19. The summed E-state index contributed by atoms with van der Waals surface area (Å²) in [4.78, 5) is 13.8. The van der Waals surface area contributed by atoms with Crippen molar-refractivity contribution in [3.05, 3.63) is 65.7 Å². The van der Waals surface area contributed by atoms with Gasteiger partial charge in [-0.05, 0) is 36.2 Å². The van der Waals surface area contributed by atoms with Gasteiger partial charge in [-0.25, -0.2) is 0 Å². The SMILES string of the molecule is CN(Cc1ccc(C#N)cc1)C(=O)CCCOc1ccccc1. The number of amides is 1. The number of ether oxygens (including phenoxy) is 1. The predicted octanol–water partition coefficient (Wildman–Crippen LogP) is 3.38. The van der Waals surface area contributed by atoms with Gasteiger partial charge in [0.1, 0.15) is 5.75 Å². The molecule has 0 fully saturated rings. The van der Waals surface area contributed by atoms with Crippen molar-refractivity contribution in [2.45, 2.75) is 19.4 Å². The largest absolute Gasteiger partial charge is 0.494 e. The minimum atomic E-state index is 0.0889. The molecule has 2 aromatic carbocycles. The first-order valence-electron chi connectivity index (χ1n) is 7.60. The molecule has 1 amide bonds. The highest BCUT2D eigenvalue weighted by Gasteiger charge is 2.09. The highest BCUT2D eigenvalue weighted by atomic mass is 16.5. The summed E-state index contributed by atoms with van der Waals surface area (Å²) in [7, 11) is 1.79. The van der Waals surface area contributed by atoms with Crippen molar-refractivity contribution in [1.29, 1.82) is 5.26 Å². The van der Waals surface area contributed by atoms with E-state index in [4.69, 9.17) is 10.00 Å². The van der Waals surface area contributed by atoms with Crippen LogP contribution in [0.2, 0.25) is 0 Å². The van der Waals surface area contributed by atoms with Crippen LogP contribution in [0.15, 0.2) is 54.6 Å². The van der Waals surface area contributed by atoms with Gasteiger partial charge >= 0.3 is 0 Å². The number of rotatable bonds is 7. The summed E-state index contributed by atoms with van der Waals surface area (Å²) in [5, 5.41) is 8.78. The van der Waals surface area contributed by atoms with Gasteiger partial charge in [-0.2, -0.15) is 5.26 Å². The Morgan fingerprint density at radius 2 is 1.83 bits per heavy atom. The van der Waals surface area contributed by atoms with Gasteiger partial charge in [0.05, 0.1) is 18.2 Å². The number of benzene rings is 2. The van der Waals surface area contributed by atoms with E-state index >= 15 is 0 Å². The van der Waals surface area contributed by atoms with Gasteiger partial charge in [-0.3, -0.25) is 4.79 Å². The molecule has 0 unspecified atom stereocenters. The Labute approximate surface area is 136 Å². The standard InChI is InChI=1S/C19H20N2O2/c1-21(15-17-11-9-16(14-20)10-12-17)19(22)8-5-13-23-18-6-3-2-4-7-18/h2-4,6-7,9-12H,5,8,13,15H2,1H3. The predicted molar refractivity (Wildman–Crippen MR) is 88.8 cm³/mol. The molecule has 0 saturated heterocycles. The van der Waals surface area contributed by atoms with Crippen LogP contribution in [0.3, 0.4) is 0 Å². The summed E-state index contributed by atoms with van der Waals surface area (Å²) in [6.07, 6.45) is 1.14. The smallest absolute Gasteiger partial charge is 0.222 e. The fourth-order valence-electron chi connectivity index (χ4n) is 2.17. The van der Waals surface area contributed by atoms with E-state index in [0.29, 0.717) is 31.6 Å². The highest BCUT2D eigenvalue weighted by molar-refractivity contribution is 5.75. The van der Waals surface area contributed by atoms with E-state index in [1.807, 2.05) is 42.5 Å². The minimum Gasteiger partial charge on any atom is -0.494 e. The summed E-state index contributed by atoms with van der Waals surface area (Å²) >= 11 is 0. The molecule has 0 aromatic heterocycles. The molecule has 0 aliphatic rings. The fraction of sp³-hybridized carbons (Fsp3) is 0.263. The molecular weight excluding hydrogens is 288 g/mol. The van der Waals surface area contributed by atoms with Crippen LogP contribution >= 0.6 is 0 Å². The number of hydrogen-bond donors (Lipinski definition) is 0. The van der Waals surface area contributed by atoms with Crippen molar-refractivity contribution >= 4 is 5.91 Å². The maximum absolute atomic E-state index is 12.1. The summed E-state index contributed by atoms with van der Waals surface area (Å²) in [5.41, 5.74) is 1.64. The zero-order valence-electron chi connectivity index (χ0n) is 13.2. The molecule has 23 heavy (non-hydrogen) atoms. The first-order chi connectivity index (χ1) is 11.2. The fourth-order valence-corrected chi connectivity index (χ4v) is 2.17. The number of hydrogen-bond acceptors (Lipinski definition) is 3. The summed E-state index contributed by atoms with van der Waals surface area (Å²) in [5.74, 6) is 0.914. The Morgan fingerprint density at radius 1 is 1.13 bits per heavy atom. The average molecular weight is 308 g/mol. The topological polar surface area (TPSA) is 53.3 Å². The second kappa shape index (κ2) is 8.60. The van der Waals surface area contributed by atoms with Gasteiger partial charge in [-0.1, -0.05) is 30.3 Å². The normalized spacial score (nSPS) is 9.91. The lowest BCUT2D eigenvalue weighted by atomic mass is 10.1. The van der Waals surface area contributed by atoms with Crippen LogP contribution in [-0.2, 0) is 11.3 Å². The third kappa shape index (κ3) is 5.48. The van der Waals surface area contributed by atoms with E-state index in [9.17, 15) is 4.79 Å². The quantitative estimate of drug-likeness (QED) is 0.737. The van der Waals surface area contributed by atoms with Crippen molar-refractivity contribution in [1.82, 2.24) is 4.90 Å². The number of carbonyl (C=O) groups excluding carboxylic acids is 1. The molecule has 118 valence electrons. The molecule has 4 nitrogen and oxygen atoms in total. The Bertz CT molecular complexity index is 660. The van der Waals surface area contributed by atoms with Crippen molar-refractivity contribution in [2.24, 2.45) is 0 Å². The second-order valence-electron chi connectivity index (χ2n) is 5.32. The molecule has 0 spiro atoms. The van der Waals surface area contributed by atoms with Crippen LogP contribution in [-0.4, -0.2) is 24.5 Å². The Balaban J connectivity index is 1.71. The molecule has 2 aromatic rings. The lowest BCUT2D eigenvalue weighted by molar-refractivity contribution is -0.130. The minimum absolute atomic E-state index is 0.0889. The van der Waals surface area contributed by atoms with Gasteiger partial charge in [0.15, 0.2) is 0 Å². The molecule has 0 radical (unpaired) electrons. The maximum Gasteiger partial charge on any atom is 0.222 e. The first kappa shape index (κ1) is 16.6. The molecule has 0 aliphatic heterocycles. The molecule has 2 rings (SSSR count). The second-order valence-corrected chi connectivity index (χ2v) is 5.32. The van der Waals surface area contributed by atoms with Crippen LogP contribution in [0.1, 0.15) is 24.0 Å². The van der Waals surface area contributed by atoms with E-state index < -0.39 is 0 Å². The van der Waals surface area contributed by atoms with E-state index in [1.54, 1.807) is 24.1 Å². The molecule has 0 heterocycles. The first-order valence-corrected chi connectivity index (χ1v) is 7.60. The maximum atomic E-state index is 12.1. The molecule has 0 N–H and O–H groups in total. The molecule has 0 atom stereocenters. The number of para-hydroxylation sites is 1. The molecule has 0 saturated carbocycles. The lowest BCUT2D eigenvalue weighted by Crippen LogP contribution is -2.26. The van der Waals surface area contributed by atoms with E-state index in [0.717, 1.165) is 11.3 Å². The zero-order valence-corrected chi connectivity index (χ0v) is 13.2. The van der Waals surface area contributed by atoms with Crippen LogP contribution in [0, 0.1) is 11.3 Å². The molecular formula is C19H20N2O2. The average Bonchev–Trinajstić information content (AvgIpc) is 2.60. The van der Waals surface area contributed by atoms with Gasteiger partial charge < -0.3 is 9.64 Å². The summed E-state index contributed by atoms with van der Waals surface area (Å²) < 4.78 is 5.58. The van der Waals surface area contributed by atoms with Crippen LogP contribution < -0.4 is 4.74 Å². The van der Waals surface area contributed by atoms with Gasteiger partial charge in [0, 0.05) is 20.0 Å². The van der Waals surface area contributed by atoms with Gasteiger partial charge in [0.2, 0.25) is 5.91 Å². The number of nitriles is 1. The summed E-state index contributed by atoms with van der Waals surface area (Å²) in [6.45, 7) is 1.07. The highest BCUT2D eigenvalue weighted by Crippen LogP contribution is 2.10. The van der Waals surface area contributed by atoms with E-state index in [2.05, 4.69) is 6.07 Å². The van der Waals surface area contributed by atoms with Crippen molar-refractivity contribution in [2.75, 3.05) is 13.7 Å². The van der Waals surface area contributed by atoms with E-state index in [-0.39, 0.29) is 5.91 Å². The van der Waals surface area contributed by atoms with Crippen LogP contribution in [0.4, 0.5) is 0 Å². The monoisotopic (exact) mass is 308 g/mol. The molecule has 0 aliphatic carbocycles. The van der Waals surface area contributed by atoms with Crippen molar-refractivity contribution in [3.63, 3.8) is 0 Å². The van der Waals surface area contributed by atoms with E-state index in [1.165, 1.54) is 0 Å². The van der Waals surface area contributed by atoms with Gasteiger partial charge in [-0.15, -0.1) is 0 Å². The van der Waals surface area contributed by atoms with Gasteiger partial charge in [0.25, 0.3) is 0 Å². The lowest BCUT2D eigenvalue weighted by Gasteiger charge is -2.17. The van der Waals surface area contributed by atoms with Crippen molar-refractivity contribution in [3.8, 4) is 11.8 Å².